The number of allylic oxidation sites excluding steroid dienone is 1. The van der Waals surface area contributed by atoms with Crippen LogP contribution in [0.4, 0.5) is 5.69 Å². The highest BCUT2D eigenvalue weighted by molar-refractivity contribution is 8.03. The quantitative estimate of drug-likeness (QED) is 0.258. The SMILES string of the molecule is C/C(=N\NC(=S)Nc1ccc(C(=O)O)c(Cl)c1)C1=CSC(c2ccc(Cl)c(Cl)c2)C1=O. The molecule has 0 fully saturated rings. The molecule has 1 unspecified atom stereocenters. The minimum Gasteiger partial charge on any atom is -0.478 e. The second kappa shape index (κ2) is 10.0. The summed E-state index contributed by atoms with van der Waals surface area (Å²) in [5.41, 5.74) is 4.83. The van der Waals surface area contributed by atoms with Crippen LogP contribution in [0.15, 0.2) is 52.5 Å². The lowest BCUT2D eigenvalue weighted by Gasteiger charge is -2.11. The van der Waals surface area contributed by atoms with Gasteiger partial charge in [0.15, 0.2) is 10.9 Å². The molecule has 3 N–H and O–H groups in total. The van der Waals surface area contributed by atoms with Crippen LogP contribution in [-0.4, -0.2) is 27.7 Å². The normalized spacial score (nSPS) is 16.1. The van der Waals surface area contributed by atoms with E-state index in [1.54, 1.807) is 30.5 Å². The van der Waals surface area contributed by atoms with Gasteiger partial charge in [0.05, 0.1) is 31.6 Å². The first kappa shape index (κ1) is 23.6. The third kappa shape index (κ3) is 5.58. The highest BCUT2D eigenvalue weighted by Gasteiger charge is 2.31. The van der Waals surface area contributed by atoms with Gasteiger partial charge in [0.25, 0.3) is 0 Å². The molecule has 31 heavy (non-hydrogen) atoms. The van der Waals surface area contributed by atoms with E-state index in [0.29, 0.717) is 27.0 Å². The van der Waals surface area contributed by atoms with E-state index in [-0.39, 0.29) is 21.5 Å². The molecule has 1 heterocycles. The van der Waals surface area contributed by atoms with Crippen molar-refractivity contribution < 1.29 is 14.7 Å². The Hall–Kier alpha value is -2.10. The Morgan fingerprint density at radius 2 is 1.87 bits per heavy atom. The molecule has 160 valence electrons. The number of halogens is 3. The van der Waals surface area contributed by atoms with E-state index in [4.69, 9.17) is 52.1 Å². The molecule has 0 amide bonds. The number of carbonyl (C=O) groups excluding carboxylic acids is 1. The number of hydrogen-bond donors (Lipinski definition) is 3. The predicted molar refractivity (Wildman–Crippen MR) is 131 cm³/mol. The topological polar surface area (TPSA) is 90.8 Å². The van der Waals surface area contributed by atoms with Crippen LogP contribution >= 0.6 is 58.8 Å². The number of hydrazone groups is 1. The first-order valence-corrected chi connectivity index (χ1v) is 11.1. The van der Waals surface area contributed by atoms with Crippen molar-refractivity contribution in [3.63, 3.8) is 0 Å². The van der Waals surface area contributed by atoms with E-state index < -0.39 is 11.2 Å². The number of carboxylic acids is 1. The maximum absolute atomic E-state index is 12.8. The zero-order valence-corrected chi connectivity index (χ0v) is 19.7. The molecule has 2 aromatic carbocycles. The van der Waals surface area contributed by atoms with Crippen LogP contribution in [0.1, 0.15) is 28.1 Å². The molecule has 1 aliphatic rings. The van der Waals surface area contributed by atoms with Gasteiger partial charge in [-0.1, -0.05) is 40.9 Å². The van der Waals surface area contributed by atoms with Gasteiger partial charge < -0.3 is 10.4 Å². The molecule has 0 saturated carbocycles. The molecule has 1 atom stereocenters. The van der Waals surface area contributed by atoms with Crippen molar-refractivity contribution in [2.75, 3.05) is 5.32 Å². The molecule has 0 aromatic heterocycles. The third-order valence-corrected chi connectivity index (χ3v) is 6.62. The number of thioether (sulfide) groups is 1. The number of aromatic carboxylic acids is 1. The number of anilines is 1. The largest absolute Gasteiger partial charge is 0.478 e. The molecule has 3 rings (SSSR count). The Balaban J connectivity index is 1.63. The first-order valence-electron chi connectivity index (χ1n) is 8.66. The summed E-state index contributed by atoms with van der Waals surface area (Å²) < 4.78 is 0. The molecular weight excluding hydrogens is 501 g/mol. The minimum absolute atomic E-state index is 0.0133. The molecule has 2 aromatic rings. The average Bonchev–Trinajstić information content (AvgIpc) is 3.09. The van der Waals surface area contributed by atoms with Gasteiger partial charge in [0, 0.05) is 11.3 Å². The summed E-state index contributed by atoms with van der Waals surface area (Å²) >= 11 is 24.5. The van der Waals surface area contributed by atoms with Crippen molar-refractivity contribution in [3.05, 3.63) is 73.6 Å². The molecule has 0 radical (unpaired) electrons. The monoisotopic (exact) mass is 513 g/mol. The van der Waals surface area contributed by atoms with Crippen molar-refractivity contribution in [1.82, 2.24) is 5.43 Å². The van der Waals surface area contributed by atoms with Gasteiger partial charge >= 0.3 is 5.97 Å². The number of nitrogens with one attached hydrogen (secondary N) is 2. The summed E-state index contributed by atoms with van der Waals surface area (Å²) in [6, 6.07) is 9.45. The molecule has 0 spiro atoms. The molecule has 1 aliphatic heterocycles. The summed E-state index contributed by atoms with van der Waals surface area (Å²) in [6.45, 7) is 1.69. The van der Waals surface area contributed by atoms with E-state index in [1.807, 2.05) is 0 Å². The van der Waals surface area contributed by atoms with Crippen molar-refractivity contribution in [1.29, 1.82) is 0 Å². The Kier molecular flexibility index (Phi) is 7.61. The van der Waals surface area contributed by atoms with Gasteiger partial charge in [-0.2, -0.15) is 5.10 Å². The summed E-state index contributed by atoms with van der Waals surface area (Å²) in [5, 5.41) is 18.4. The van der Waals surface area contributed by atoms with E-state index >= 15 is 0 Å². The Morgan fingerprint density at radius 1 is 1.13 bits per heavy atom. The van der Waals surface area contributed by atoms with Crippen molar-refractivity contribution in [2.24, 2.45) is 5.10 Å². The zero-order chi connectivity index (χ0) is 22.7. The molecule has 11 heteroatoms. The summed E-state index contributed by atoms with van der Waals surface area (Å²) in [7, 11) is 0. The summed E-state index contributed by atoms with van der Waals surface area (Å²) in [4.78, 5) is 23.8. The smallest absolute Gasteiger partial charge is 0.337 e. The van der Waals surface area contributed by atoms with Crippen LogP contribution in [-0.2, 0) is 4.79 Å². The minimum atomic E-state index is -1.12. The van der Waals surface area contributed by atoms with Gasteiger partial charge in [-0.3, -0.25) is 10.2 Å². The number of ketones is 1. The van der Waals surface area contributed by atoms with E-state index in [0.717, 1.165) is 5.56 Å². The lowest BCUT2D eigenvalue weighted by Crippen LogP contribution is -2.25. The highest BCUT2D eigenvalue weighted by Crippen LogP contribution is 2.41. The number of carbonyl (C=O) groups is 2. The van der Waals surface area contributed by atoms with E-state index in [1.165, 1.54) is 30.0 Å². The fourth-order valence-corrected chi connectivity index (χ4v) is 4.53. The number of hydrogen-bond acceptors (Lipinski definition) is 5. The number of rotatable bonds is 5. The second-order valence-electron chi connectivity index (χ2n) is 6.35. The number of benzene rings is 2. The van der Waals surface area contributed by atoms with E-state index in [2.05, 4.69) is 15.8 Å². The van der Waals surface area contributed by atoms with Crippen LogP contribution in [0.5, 0.6) is 0 Å². The number of thiocarbonyl (C=S) groups is 1. The lowest BCUT2D eigenvalue weighted by atomic mass is 10.0. The van der Waals surface area contributed by atoms with Crippen molar-refractivity contribution in [2.45, 2.75) is 12.2 Å². The fraction of sp³-hybridized carbons (Fsp3) is 0.100. The number of Topliss-reactive ketones (excluding diaryl/α,β-unsaturated/α-hetero) is 1. The predicted octanol–water partition coefficient (Wildman–Crippen LogP) is 5.95. The van der Waals surface area contributed by atoms with Crippen molar-refractivity contribution >= 4 is 87.0 Å². The molecule has 0 aliphatic carbocycles. The Labute approximate surface area is 202 Å². The van der Waals surface area contributed by atoms with Crippen LogP contribution < -0.4 is 10.7 Å². The highest BCUT2D eigenvalue weighted by atomic mass is 35.5. The van der Waals surface area contributed by atoms with Crippen molar-refractivity contribution in [3.8, 4) is 0 Å². The van der Waals surface area contributed by atoms with Gasteiger partial charge in [0.1, 0.15) is 0 Å². The number of nitrogens with zero attached hydrogens (tertiary/aromatic N) is 1. The van der Waals surface area contributed by atoms with Crippen LogP contribution in [0.2, 0.25) is 15.1 Å². The van der Waals surface area contributed by atoms with Gasteiger partial charge in [-0.05, 0) is 60.4 Å². The fourth-order valence-electron chi connectivity index (χ4n) is 2.69. The maximum atomic E-state index is 12.8. The Morgan fingerprint density at radius 3 is 2.52 bits per heavy atom. The van der Waals surface area contributed by atoms with Gasteiger partial charge in [-0.15, -0.1) is 11.8 Å². The molecular formula is C20H14Cl3N3O3S2. The van der Waals surface area contributed by atoms with Crippen LogP contribution in [0, 0.1) is 0 Å². The van der Waals surface area contributed by atoms with Gasteiger partial charge in [0.2, 0.25) is 0 Å². The van der Waals surface area contributed by atoms with Gasteiger partial charge in [-0.25, -0.2) is 4.79 Å². The third-order valence-electron chi connectivity index (χ3n) is 4.24. The van der Waals surface area contributed by atoms with Crippen LogP contribution in [0.3, 0.4) is 0 Å². The maximum Gasteiger partial charge on any atom is 0.337 e. The number of carboxylic acid groups (broad SMARTS) is 1. The van der Waals surface area contributed by atoms with Crippen LogP contribution in [0.25, 0.3) is 0 Å². The molecule has 0 bridgehead atoms. The zero-order valence-electron chi connectivity index (χ0n) is 15.8. The Bertz CT molecular complexity index is 1150. The molecule has 0 saturated heterocycles. The molecule has 6 nitrogen and oxygen atoms in total. The van der Waals surface area contributed by atoms with E-state index in [9.17, 15) is 9.59 Å². The summed E-state index contributed by atoms with van der Waals surface area (Å²) in [6.07, 6.45) is 0. The standard InChI is InChI=1S/C20H14Cl3N3O3S2/c1-9(13-8-31-18(17(13)27)10-2-5-14(21)16(23)6-10)25-26-20(30)24-11-3-4-12(19(28)29)15(22)7-11/h2-8,18H,1H3,(H,28,29)(H2,24,26,30)/b25-9+. The lowest BCUT2D eigenvalue weighted by molar-refractivity contribution is -0.114. The average molecular weight is 515 g/mol. The summed E-state index contributed by atoms with van der Waals surface area (Å²) in [5.74, 6) is -1.22. The first-order chi connectivity index (χ1) is 14.7. The second-order valence-corrected chi connectivity index (χ2v) is 8.96.